The number of β-amino-alcohol motifs (C(OH)–C–C–N with tert-alkyl or cyclic N) is 1. The van der Waals surface area contributed by atoms with Crippen molar-refractivity contribution in [2.45, 2.75) is 26.0 Å². The van der Waals surface area contributed by atoms with Crippen LogP contribution in [0.5, 0.6) is 11.5 Å². The number of rotatable bonds is 10. The van der Waals surface area contributed by atoms with E-state index in [1.165, 1.54) is 18.5 Å². The van der Waals surface area contributed by atoms with Crippen LogP contribution >= 0.6 is 11.8 Å². The highest BCUT2D eigenvalue weighted by molar-refractivity contribution is 7.99. The summed E-state index contributed by atoms with van der Waals surface area (Å²) in [7, 11) is 1.68. The van der Waals surface area contributed by atoms with E-state index in [1.54, 1.807) is 7.11 Å². The molecule has 2 fully saturated rings. The highest BCUT2D eigenvalue weighted by atomic mass is 32.2. The van der Waals surface area contributed by atoms with Crippen LogP contribution < -0.4 is 9.47 Å². The Morgan fingerprint density at radius 1 is 1.00 bits per heavy atom. The summed E-state index contributed by atoms with van der Waals surface area (Å²) in [5.41, 5.74) is 1.24. The van der Waals surface area contributed by atoms with E-state index in [0.717, 1.165) is 63.1 Å². The zero-order valence-electron chi connectivity index (χ0n) is 18.0. The normalized spacial score (nSPS) is 20.5. The first kappa shape index (κ1) is 22.7. The van der Waals surface area contributed by atoms with Gasteiger partial charge in [-0.15, -0.1) is 0 Å². The third-order valence-electron chi connectivity index (χ3n) is 5.64. The van der Waals surface area contributed by atoms with Crippen molar-refractivity contribution in [3.63, 3.8) is 0 Å². The fourth-order valence-electron chi connectivity index (χ4n) is 4.00. The van der Waals surface area contributed by atoms with Gasteiger partial charge in [0.15, 0.2) is 11.5 Å². The number of aliphatic hydroxyl groups is 1. The van der Waals surface area contributed by atoms with E-state index in [9.17, 15) is 5.11 Å². The number of hydrogen-bond acceptors (Lipinski definition) is 7. The maximum atomic E-state index is 10.3. The Morgan fingerprint density at radius 2 is 1.72 bits per heavy atom. The van der Waals surface area contributed by atoms with Gasteiger partial charge in [0.25, 0.3) is 0 Å². The second-order valence-electron chi connectivity index (χ2n) is 7.98. The largest absolute Gasteiger partial charge is 0.493 e. The lowest BCUT2D eigenvalue weighted by atomic mass is 10.1. The maximum absolute atomic E-state index is 10.3. The zero-order valence-corrected chi connectivity index (χ0v) is 18.8. The number of aliphatic hydroxyl groups excluding tert-OH is 1. The smallest absolute Gasteiger partial charge is 0.161 e. The van der Waals surface area contributed by atoms with Gasteiger partial charge in [-0.2, -0.15) is 11.8 Å². The molecule has 2 aliphatic rings. The van der Waals surface area contributed by atoms with Crippen LogP contribution in [0.1, 0.15) is 18.9 Å². The van der Waals surface area contributed by atoms with E-state index in [0.29, 0.717) is 18.9 Å². The van der Waals surface area contributed by atoms with E-state index in [2.05, 4.69) is 33.8 Å². The Hall–Kier alpha value is -0.990. The number of hydrogen-bond donors (Lipinski definition) is 1. The molecule has 7 heteroatoms. The van der Waals surface area contributed by atoms with Gasteiger partial charge in [-0.3, -0.25) is 9.80 Å². The van der Waals surface area contributed by atoms with Crippen LogP contribution in [-0.4, -0.2) is 103 Å². The first-order chi connectivity index (χ1) is 14.2. The molecule has 0 aliphatic carbocycles. The molecule has 164 valence electrons. The minimum absolute atomic E-state index is 0.290. The first-order valence-corrected chi connectivity index (χ1v) is 12.1. The van der Waals surface area contributed by atoms with Crippen LogP contribution in [0.4, 0.5) is 0 Å². The van der Waals surface area contributed by atoms with Gasteiger partial charge >= 0.3 is 0 Å². The Labute approximate surface area is 180 Å². The molecule has 2 saturated heterocycles. The van der Waals surface area contributed by atoms with Crippen LogP contribution in [0.3, 0.4) is 0 Å². The molecule has 29 heavy (non-hydrogen) atoms. The third kappa shape index (κ3) is 7.33. The molecule has 0 radical (unpaired) electrons. The summed E-state index contributed by atoms with van der Waals surface area (Å²) in [5.74, 6) is 3.75. The molecule has 0 spiro atoms. The average molecular weight is 424 g/mol. The fraction of sp³-hybridized carbons (Fsp3) is 0.727. The summed E-state index contributed by atoms with van der Waals surface area (Å²) in [4.78, 5) is 7.36. The molecule has 0 aromatic heterocycles. The number of ether oxygens (including phenoxy) is 2. The minimum Gasteiger partial charge on any atom is -0.493 e. The highest BCUT2D eigenvalue weighted by Crippen LogP contribution is 2.29. The van der Waals surface area contributed by atoms with Crippen LogP contribution in [0, 0.1) is 0 Å². The molecule has 2 aliphatic heterocycles. The van der Waals surface area contributed by atoms with Crippen molar-refractivity contribution in [1.29, 1.82) is 0 Å². The number of piperazine rings is 1. The Kier molecular flexibility index (Phi) is 9.39. The second-order valence-corrected chi connectivity index (χ2v) is 9.21. The average Bonchev–Trinajstić information content (AvgIpc) is 2.75. The Bertz CT molecular complexity index is 605. The molecule has 1 aromatic rings. The lowest BCUT2D eigenvalue weighted by Crippen LogP contribution is -2.45. The lowest BCUT2D eigenvalue weighted by Gasteiger charge is -2.34. The summed E-state index contributed by atoms with van der Waals surface area (Å²) in [5, 5.41) is 10.3. The molecule has 1 atom stereocenters. The summed E-state index contributed by atoms with van der Waals surface area (Å²) < 4.78 is 11.5. The lowest BCUT2D eigenvalue weighted by molar-refractivity contribution is 0.0704. The van der Waals surface area contributed by atoms with Gasteiger partial charge < -0.3 is 19.5 Å². The van der Waals surface area contributed by atoms with Crippen molar-refractivity contribution in [3.05, 3.63) is 23.8 Å². The van der Waals surface area contributed by atoms with Crippen LogP contribution in [0.25, 0.3) is 0 Å². The molecular weight excluding hydrogens is 386 g/mol. The molecule has 0 saturated carbocycles. The summed E-state index contributed by atoms with van der Waals surface area (Å²) >= 11 is 1.98. The predicted octanol–water partition coefficient (Wildman–Crippen LogP) is 2.01. The number of benzene rings is 1. The zero-order chi connectivity index (χ0) is 20.5. The maximum Gasteiger partial charge on any atom is 0.161 e. The van der Waals surface area contributed by atoms with E-state index in [-0.39, 0.29) is 0 Å². The fourth-order valence-corrected chi connectivity index (χ4v) is 4.97. The minimum atomic E-state index is -0.484. The van der Waals surface area contributed by atoms with Crippen molar-refractivity contribution in [2.24, 2.45) is 0 Å². The number of thioether (sulfide) groups is 1. The molecule has 0 bridgehead atoms. The van der Waals surface area contributed by atoms with Crippen molar-refractivity contribution < 1.29 is 14.6 Å². The van der Waals surface area contributed by atoms with Crippen LogP contribution in [0.15, 0.2) is 18.2 Å². The monoisotopic (exact) mass is 423 g/mol. The van der Waals surface area contributed by atoms with Gasteiger partial charge in [-0.05, 0) is 30.7 Å². The predicted molar refractivity (Wildman–Crippen MR) is 120 cm³/mol. The van der Waals surface area contributed by atoms with Crippen molar-refractivity contribution in [3.8, 4) is 11.5 Å². The van der Waals surface area contributed by atoms with E-state index in [1.807, 2.05) is 17.8 Å². The Balaban J connectivity index is 1.47. The number of methoxy groups -OCH3 is 1. The number of nitrogens with zero attached hydrogens (tertiary/aromatic N) is 3. The van der Waals surface area contributed by atoms with E-state index >= 15 is 0 Å². The van der Waals surface area contributed by atoms with Crippen molar-refractivity contribution >= 4 is 11.8 Å². The van der Waals surface area contributed by atoms with E-state index < -0.39 is 6.10 Å². The molecule has 1 N–H and O–H groups in total. The van der Waals surface area contributed by atoms with Gasteiger partial charge in [-0.25, -0.2) is 0 Å². The molecular formula is C22H37N3O3S. The van der Waals surface area contributed by atoms with Gasteiger partial charge in [-0.1, -0.05) is 13.0 Å². The Morgan fingerprint density at radius 3 is 2.41 bits per heavy atom. The molecule has 1 unspecified atom stereocenters. The first-order valence-electron chi connectivity index (χ1n) is 10.9. The summed E-state index contributed by atoms with van der Waals surface area (Å²) in [6.45, 7) is 12.0. The van der Waals surface area contributed by atoms with Crippen molar-refractivity contribution in [1.82, 2.24) is 14.7 Å². The van der Waals surface area contributed by atoms with Gasteiger partial charge in [0.1, 0.15) is 12.7 Å². The summed E-state index contributed by atoms with van der Waals surface area (Å²) in [6.07, 6.45) is 0.742. The second kappa shape index (κ2) is 12.0. The third-order valence-corrected chi connectivity index (χ3v) is 6.59. The quantitative estimate of drug-likeness (QED) is 0.618. The van der Waals surface area contributed by atoms with Crippen LogP contribution in [-0.2, 0) is 6.54 Å². The van der Waals surface area contributed by atoms with Crippen LogP contribution in [0.2, 0.25) is 0 Å². The van der Waals surface area contributed by atoms with E-state index in [4.69, 9.17) is 9.47 Å². The van der Waals surface area contributed by atoms with Crippen molar-refractivity contribution in [2.75, 3.05) is 77.6 Å². The van der Waals surface area contributed by atoms with Gasteiger partial charge in [0.2, 0.25) is 0 Å². The van der Waals surface area contributed by atoms with Gasteiger partial charge in [0, 0.05) is 63.9 Å². The highest BCUT2D eigenvalue weighted by Gasteiger charge is 2.18. The topological polar surface area (TPSA) is 48.4 Å². The SMILES string of the molecule is CCCN1CCN(Cc2ccc(OCC(O)CN3CCSCC3)c(OC)c2)CC1. The molecule has 2 heterocycles. The molecule has 3 rings (SSSR count). The molecule has 1 aromatic carbocycles. The summed E-state index contributed by atoms with van der Waals surface area (Å²) in [6, 6.07) is 6.16. The molecule has 6 nitrogen and oxygen atoms in total. The molecule has 0 amide bonds. The van der Waals surface area contributed by atoms with Gasteiger partial charge in [0.05, 0.1) is 7.11 Å². The standard InChI is InChI=1S/C22H37N3O3S/c1-3-6-23-7-9-24(10-8-23)16-19-4-5-21(22(15-19)27-2)28-18-20(26)17-25-11-13-29-14-12-25/h4-5,15,20,26H,3,6-14,16-18H2,1-2H3.